The second-order valence-electron chi connectivity index (χ2n) is 6.54. The fourth-order valence-electron chi connectivity index (χ4n) is 2.09. The van der Waals surface area contributed by atoms with E-state index in [0.29, 0.717) is 26.4 Å². The van der Waals surface area contributed by atoms with Crippen LogP contribution in [-0.4, -0.2) is 44.2 Å². The molecule has 1 unspecified atom stereocenters. The van der Waals surface area contributed by atoms with E-state index in [9.17, 15) is 4.79 Å². The van der Waals surface area contributed by atoms with Gasteiger partial charge in [-0.2, -0.15) is 12.6 Å². The molecule has 0 radical (unpaired) electrons. The number of unbranched alkanes of at least 4 members (excludes halogenated alkanes) is 1. The minimum Gasteiger partial charge on any atom is -0.494 e. The van der Waals surface area contributed by atoms with Crippen LogP contribution >= 0.6 is 12.6 Å². The van der Waals surface area contributed by atoms with Gasteiger partial charge in [-0.15, -0.1) is 0 Å². The molecule has 0 aliphatic heterocycles. The molecule has 1 aromatic carbocycles. The molecule has 0 spiro atoms. The third-order valence-corrected chi connectivity index (χ3v) is 3.78. The molecule has 0 aliphatic carbocycles. The van der Waals surface area contributed by atoms with Crippen LogP contribution < -0.4 is 10.1 Å². The predicted octanol–water partition coefficient (Wildman–Crippen LogP) is 4.18. The first-order chi connectivity index (χ1) is 12.5. The van der Waals surface area contributed by atoms with E-state index in [2.05, 4.69) is 17.9 Å². The van der Waals surface area contributed by atoms with Gasteiger partial charge in [-0.3, -0.25) is 4.79 Å². The molecular weight excluding hydrogens is 350 g/mol. The summed E-state index contributed by atoms with van der Waals surface area (Å²) in [5.41, 5.74) is 1.03. The molecule has 26 heavy (non-hydrogen) atoms. The number of thiol groups is 1. The second-order valence-corrected chi connectivity index (χ2v) is 7.31. The Labute approximate surface area is 163 Å². The summed E-state index contributed by atoms with van der Waals surface area (Å²) in [5.74, 6) is 1.06. The van der Waals surface area contributed by atoms with E-state index >= 15 is 0 Å². The zero-order valence-electron chi connectivity index (χ0n) is 16.2. The molecular formula is C20H33NO4S. The Kier molecular flexibility index (Phi) is 12.2. The first-order valence-electron chi connectivity index (χ1n) is 9.34. The fraction of sp³-hybridized carbons (Fsp3) is 0.650. The lowest BCUT2D eigenvalue weighted by atomic mass is 10.1. The van der Waals surface area contributed by atoms with Gasteiger partial charge >= 0.3 is 0 Å². The van der Waals surface area contributed by atoms with E-state index in [4.69, 9.17) is 14.2 Å². The van der Waals surface area contributed by atoms with Crippen molar-refractivity contribution in [2.45, 2.75) is 45.4 Å². The zero-order valence-corrected chi connectivity index (χ0v) is 17.1. The maximum atomic E-state index is 11.4. The number of ether oxygens (including phenoxy) is 3. The van der Waals surface area contributed by atoms with Crippen LogP contribution in [0.2, 0.25) is 0 Å². The van der Waals surface area contributed by atoms with E-state index < -0.39 is 0 Å². The first-order valence-corrected chi connectivity index (χ1v) is 9.86. The van der Waals surface area contributed by atoms with E-state index in [1.54, 1.807) is 0 Å². The number of anilines is 1. The van der Waals surface area contributed by atoms with Crippen LogP contribution in [-0.2, 0) is 14.3 Å². The van der Waals surface area contributed by atoms with Gasteiger partial charge in [0.25, 0.3) is 0 Å². The van der Waals surface area contributed by atoms with E-state index in [1.165, 1.54) is 0 Å². The van der Waals surface area contributed by atoms with Crippen LogP contribution in [0, 0.1) is 5.92 Å². The molecule has 0 amide bonds. The van der Waals surface area contributed by atoms with Gasteiger partial charge in [0.05, 0.1) is 12.0 Å². The smallest absolute Gasteiger partial charge is 0.160 e. The fourth-order valence-corrected chi connectivity index (χ4v) is 2.24. The topological polar surface area (TPSA) is 56.8 Å². The van der Waals surface area contributed by atoms with Gasteiger partial charge in [0, 0.05) is 37.8 Å². The second kappa shape index (κ2) is 13.9. The van der Waals surface area contributed by atoms with Crippen LogP contribution in [0.5, 0.6) is 5.75 Å². The molecule has 0 heterocycles. The summed E-state index contributed by atoms with van der Waals surface area (Å²) in [6, 6.07) is 7.86. The maximum Gasteiger partial charge on any atom is 0.160 e. The van der Waals surface area contributed by atoms with E-state index in [0.717, 1.165) is 30.7 Å². The molecule has 1 atom stereocenters. The maximum absolute atomic E-state index is 11.4. The number of nitrogens with one attached hydrogen (secondary N) is 1. The first kappa shape index (κ1) is 22.8. The predicted molar refractivity (Wildman–Crippen MR) is 109 cm³/mol. The highest BCUT2D eigenvalue weighted by atomic mass is 32.1. The molecule has 1 aromatic rings. The zero-order chi connectivity index (χ0) is 19.2. The highest BCUT2D eigenvalue weighted by Gasteiger charge is 2.06. The number of ketones is 1. The van der Waals surface area contributed by atoms with Crippen molar-refractivity contribution in [1.29, 1.82) is 0 Å². The Bertz CT molecular complexity index is 491. The highest BCUT2D eigenvalue weighted by molar-refractivity contribution is 7.81. The summed E-state index contributed by atoms with van der Waals surface area (Å²) in [7, 11) is 0. The minimum atomic E-state index is 0.0481. The summed E-state index contributed by atoms with van der Waals surface area (Å²) in [6.45, 7) is 8.62. The molecule has 1 N–H and O–H groups in total. The summed E-state index contributed by atoms with van der Waals surface area (Å²) in [6.07, 6.45) is 2.70. The quantitative estimate of drug-likeness (QED) is 0.270. The third-order valence-electron chi connectivity index (χ3n) is 3.65. The molecule has 0 aromatic heterocycles. The minimum absolute atomic E-state index is 0.0481. The van der Waals surface area contributed by atoms with Crippen molar-refractivity contribution in [2.75, 3.05) is 38.4 Å². The number of rotatable bonds is 15. The number of hydrogen-bond acceptors (Lipinski definition) is 6. The Morgan fingerprint density at radius 1 is 0.962 bits per heavy atom. The van der Waals surface area contributed by atoms with Gasteiger partial charge in [-0.25, -0.2) is 0 Å². The molecule has 0 saturated heterocycles. The van der Waals surface area contributed by atoms with Crippen LogP contribution in [0.15, 0.2) is 24.3 Å². The molecule has 5 nitrogen and oxygen atoms in total. The Morgan fingerprint density at radius 2 is 1.58 bits per heavy atom. The van der Waals surface area contributed by atoms with Gasteiger partial charge in [-0.1, -0.05) is 13.8 Å². The number of Topliss-reactive ketones (excluding diaryl/α,β-unsaturated/α-hetero) is 1. The molecule has 0 bridgehead atoms. The van der Waals surface area contributed by atoms with Crippen LogP contribution in [0.4, 0.5) is 5.69 Å². The average Bonchev–Trinajstić information content (AvgIpc) is 2.60. The standard InChI is InChI=1S/C20H33NO4S/c1-16(2)20(22)15-24-12-5-4-11-23-13-6-14-25-19-9-7-18(8-10-19)21-17(3)26/h7-10,16-17,21,26H,4-6,11-15H2,1-3H3. The van der Waals surface area contributed by atoms with Crippen LogP contribution in [0.25, 0.3) is 0 Å². The van der Waals surface area contributed by atoms with E-state index in [-0.39, 0.29) is 23.7 Å². The Hall–Kier alpha value is -1.24. The number of carbonyl (C=O) groups excluding carboxylic acids is 1. The van der Waals surface area contributed by atoms with Crippen molar-refractivity contribution in [1.82, 2.24) is 0 Å². The van der Waals surface area contributed by atoms with Gasteiger partial charge < -0.3 is 19.5 Å². The average molecular weight is 384 g/mol. The van der Waals surface area contributed by atoms with Gasteiger partial charge in [0.2, 0.25) is 0 Å². The molecule has 0 aliphatic rings. The van der Waals surface area contributed by atoms with Gasteiger partial charge in [0.1, 0.15) is 12.4 Å². The lowest BCUT2D eigenvalue weighted by molar-refractivity contribution is -0.126. The summed E-state index contributed by atoms with van der Waals surface area (Å²) in [5, 5.41) is 3.33. The molecule has 0 fully saturated rings. The normalized spacial score (nSPS) is 12.2. The van der Waals surface area contributed by atoms with Crippen molar-refractivity contribution in [2.24, 2.45) is 5.92 Å². The van der Waals surface area contributed by atoms with Gasteiger partial charge in [0.15, 0.2) is 5.78 Å². The molecule has 1 rings (SSSR count). The lowest BCUT2D eigenvalue weighted by Gasteiger charge is -2.11. The Morgan fingerprint density at radius 3 is 2.19 bits per heavy atom. The van der Waals surface area contributed by atoms with Crippen molar-refractivity contribution < 1.29 is 19.0 Å². The van der Waals surface area contributed by atoms with Crippen molar-refractivity contribution >= 4 is 24.1 Å². The summed E-state index contributed by atoms with van der Waals surface area (Å²) < 4.78 is 16.6. The van der Waals surface area contributed by atoms with Crippen molar-refractivity contribution in [3.05, 3.63) is 24.3 Å². The highest BCUT2D eigenvalue weighted by Crippen LogP contribution is 2.17. The largest absolute Gasteiger partial charge is 0.494 e. The van der Waals surface area contributed by atoms with E-state index in [1.807, 2.05) is 45.0 Å². The summed E-state index contributed by atoms with van der Waals surface area (Å²) >= 11 is 4.29. The third kappa shape index (κ3) is 11.4. The van der Waals surface area contributed by atoms with Crippen molar-refractivity contribution in [3.63, 3.8) is 0 Å². The van der Waals surface area contributed by atoms with Crippen LogP contribution in [0.3, 0.4) is 0 Å². The van der Waals surface area contributed by atoms with Crippen LogP contribution in [0.1, 0.15) is 40.0 Å². The van der Waals surface area contributed by atoms with Gasteiger partial charge in [-0.05, 0) is 44.0 Å². The molecule has 6 heteroatoms. The number of hydrogen-bond donors (Lipinski definition) is 2. The molecule has 0 saturated carbocycles. The SMILES string of the molecule is CC(S)Nc1ccc(OCCCOCCCCOCC(=O)C(C)C)cc1. The van der Waals surface area contributed by atoms with Crippen molar-refractivity contribution in [3.8, 4) is 5.75 Å². The summed E-state index contributed by atoms with van der Waals surface area (Å²) in [4.78, 5) is 11.4. The number of benzene rings is 1. The monoisotopic (exact) mass is 383 g/mol. The Balaban J connectivity index is 1.92. The lowest BCUT2D eigenvalue weighted by Crippen LogP contribution is -2.15. The number of carbonyl (C=O) groups is 1. The molecule has 148 valence electrons.